The van der Waals surface area contributed by atoms with Gasteiger partial charge in [0.15, 0.2) is 13.2 Å². The van der Waals surface area contributed by atoms with Gasteiger partial charge in [-0.25, -0.2) is 13.6 Å². The molecule has 0 aliphatic heterocycles. The van der Waals surface area contributed by atoms with Crippen LogP contribution in [-0.4, -0.2) is 44.1 Å². The average molecular weight is 559 g/mol. The van der Waals surface area contributed by atoms with Gasteiger partial charge in [0, 0.05) is 4.88 Å². The summed E-state index contributed by atoms with van der Waals surface area (Å²) in [5.74, 6) is -1.14. The van der Waals surface area contributed by atoms with Crippen LogP contribution >= 0.6 is 11.3 Å². The molecule has 2 N–H and O–H groups in total. The summed E-state index contributed by atoms with van der Waals surface area (Å²) in [4.78, 5) is 38.7. The summed E-state index contributed by atoms with van der Waals surface area (Å²) in [6, 6.07) is 10.6. The Labute approximate surface area is 228 Å². The van der Waals surface area contributed by atoms with Crippen molar-refractivity contribution in [1.82, 2.24) is 5.32 Å². The first kappa shape index (κ1) is 28.0. The van der Waals surface area contributed by atoms with E-state index in [-0.39, 0.29) is 32.3 Å². The number of carbonyl (C=O) groups is 3. The van der Waals surface area contributed by atoms with Crippen LogP contribution in [0.5, 0.6) is 11.5 Å². The number of fused-ring (bicyclic) bond motifs is 1. The number of benzene rings is 2. The summed E-state index contributed by atoms with van der Waals surface area (Å²) in [6.45, 7) is 1.47. The molecule has 1 atom stereocenters. The van der Waals surface area contributed by atoms with Gasteiger partial charge in [-0.2, -0.15) is 0 Å². The van der Waals surface area contributed by atoms with E-state index >= 15 is 0 Å². The van der Waals surface area contributed by atoms with Gasteiger partial charge in [0.05, 0.1) is 12.1 Å². The summed E-state index contributed by atoms with van der Waals surface area (Å²) in [6.07, 6.45) is 2.46. The summed E-state index contributed by atoms with van der Waals surface area (Å²) in [5.41, 5.74) is 1.32. The molecule has 1 aliphatic carbocycles. The predicted molar refractivity (Wildman–Crippen MR) is 141 cm³/mol. The number of ether oxygens (including phenoxy) is 3. The molecule has 0 fully saturated rings. The van der Waals surface area contributed by atoms with Crippen molar-refractivity contribution < 1.29 is 37.4 Å². The minimum Gasteiger partial charge on any atom is -0.484 e. The van der Waals surface area contributed by atoms with Gasteiger partial charge >= 0.3 is 5.97 Å². The van der Waals surface area contributed by atoms with Gasteiger partial charge in [-0.1, -0.05) is 6.92 Å². The third kappa shape index (κ3) is 8.00. The fraction of sp³-hybridized carbons (Fsp3) is 0.321. The molecule has 0 saturated carbocycles. The zero-order valence-corrected chi connectivity index (χ0v) is 22.1. The molecule has 4 rings (SSSR count). The van der Waals surface area contributed by atoms with Crippen LogP contribution in [0.2, 0.25) is 0 Å². The molecule has 2 aromatic carbocycles. The third-order valence-electron chi connectivity index (χ3n) is 6.00. The predicted octanol–water partition coefficient (Wildman–Crippen LogP) is 4.52. The fourth-order valence-corrected chi connectivity index (χ4v) is 5.48. The number of nitrogens with one attached hydrogen (secondary N) is 2. The van der Waals surface area contributed by atoms with Gasteiger partial charge in [0.2, 0.25) is 0 Å². The lowest BCUT2D eigenvalue weighted by atomic mass is 9.88. The Hall–Kier alpha value is -3.99. The summed E-state index contributed by atoms with van der Waals surface area (Å²) in [5, 5.41) is 5.97. The molecule has 1 unspecified atom stereocenters. The second-order valence-corrected chi connectivity index (χ2v) is 10.2. The Morgan fingerprint density at radius 2 is 1.56 bits per heavy atom. The Kier molecular flexibility index (Phi) is 9.48. The molecule has 0 saturated heterocycles. The molecule has 1 heterocycles. The molecule has 206 valence electrons. The maximum Gasteiger partial charge on any atom is 0.344 e. The molecule has 0 spiro atoms. The molecule has 0 radical (unpaired) electrons. The smallest absolute Gasteiger partial charge is 0.344 e. The summed E-state index contributed by atoms with van der Waals surface area (Å²) >= 11 is 1.37. The lowest BCUT2D eigenvalue weighted by Gasteiger charge is -2.18. The first-order chi connectivity index (χ1) is 18.8. The maximum absolute atomic E-state index is 13.1. The highest BCUT2D eigenvalue weighted by Crippen LogP contribution is 2.39. The highest BCUT2D eigenvalue weighted by molar-refractivity contribution is 7.17. The van der Waals surface area contributed by atoms with Gasteiger partial charge in [-0.15, -0.1) is 11.3 Å². The van der Waals surface area contributed by atoms with Gasteiger partial charge in [0.25, 0.3) is 11.8 Å². The third-order valence-corrected chi connectivity index (χ3v) is 7.17. The van der Waals surface area contributed by atoms with Crippen molar-refractivity contribution in [3.8, 4) is 11.5 Å². The van der Waals surface area contributed by atoms with Crippen molar-refractivity contribution in [1.29, 1.82) is 0 Å². The van der Waals surface area contributed by atoms with E-state index in [1.807, 2.05) is 0 Å². The number of amides is 2. The topological polar surface area (TPSA) is 103 Å². The second-order valence-electron chi connectivity index (χ2n) is 9.07. The maximum atomic E-state index is 13.1. The van der Waals surface area contributed by atoms with Crippen LogP contribution in [-0.2, 0) is 27.2 Å². The number of carbonyl (C=O) groups excluding carboxylic acids is 3. The fourth-order valence-electron chi connectivity index (χ4n) is 4.05. The number of halogens is 2. The lowest BCUT2D eigenvalue weighted by molar-refractivity contribution is -0.145. The number of rotatable bonds is 11. The van der Waals surface area contributed by atoms with Gasteiger partial charge < -0.3 is 24.8 Å². The SMILES string of the molecule is CC1CCc2c(sc(NC(=O)COc3ccc(F)cc3)c2C(=O)NCCOC(=O)COc2ccc(F)cc2)C1. The number of thiophene rings is 1. The van der Waals surface area contributed by atoms with Gasteiger partial charge in [0.1, 0.15) is 34.7 Å². The Bertz CT molecular complexity index is 1310. The van der Waals surface area contributed by atoms with E-state index in [2.05, 4.69) is 17.6 Å². The normalized spacial score (nSPS) is 14.2. The molecule has 8 nitrogen and oxygen atoms in total. The second kappa shape index (κ2) is 13.2. The standard InChI is InChI=1S/C28H28F2N2O6S/c1-17-2-11-22-23(14-17)39-28(32-24(33)15-37-20-7-3-18(29)4-8-20)26(22)27(35)31-12-13-36-25(34)16-38-21-9-5-19(30)6-10-21/h3-10,17H,2,11-16H2,1H3,(H,31,35)(H,32,33). The molecule has 11 heteroatoms. The van der Waals surface area contributed by atoms with Crippen LogP contribution in [0.15, 0.2) is 48.5 Å². The van der Waals surface area contributed by atoms with Crippen LogP contribution in [0.3, 0.4) is 0 Å². The molecular weight excluding hydrogens is 530 g/mol. The van der Waals surface area contributed by atoms with Crippen molar-refractivity contribution >= 4 is 34.1 Å². The largest absolute Gasteiger partial charge is 0.484 e. The Morgan fingerprint density at radius 1 is 0.949 bits per heavy atom. The minimum atomic E-state index is -0.635. The highest BCUT2D eigenvalue weighted by Gasteiger charge is 2.28. The van der Waals surface area contributed by atoms with E-state index in [4.69, 9.17) is 14.2 Å². The van der Waals surface area contributed by atoms with Crippen molar-refractivity contribution in [2.24, 2.45) is 5.92 Å². The summed E-state index contributed by atoms with van der Waals surface area (Å²) < 4.78 is 41.8. The Morgan fingerprint density at radius 3 is 2.21 bits per heavy atom. The Balaban J connectivity index is 1.30. The zero-order chi connectivity index (χ0) is 27.8. The summed E-state index contributed by atoms with van der Waals surface area (Å²) in [7, 11) is 0. The van der Waals surface area contributed by atoms with Gasteiger partial charge in [-0.3, -0.25) is 9.59 Å². The first-order valence-electron chi connectivity index (χ1n) is 12.4. The van der Waals surface area contributed by atoms with Crippen LogP contribution < -0.4 is 20.1 Å². The number of esters is 1. The van der Waals surface area contributed by atoms with Crippen molar-refractivity contribution in [2.75, 3.05) is 31.7 Å². The molecule has 2 amide bonds. The number of anilines is 1. The molecular formula is C28H28F2N2O6S. The monoisotopic (exact) mass is 558 g/mol. The zero-order valence-electron chi connectivity index (χ0n) is 21.3. The van der Waals surface area contributed by atoms with Gasteiger partial charge in [-0.05, 0) is 79.3 Å². The van der Waals surface area contributed by atoms with E-state index in [0.717, 1.165) is 23.3 Å². The quantitative estimate of drug-likeness (QED) is 0.265. The van der Waals surface area contributed by atoms with E-state index in [0.29, 0.717) is 34.4 Å². The van der Waals surface area contributed by atoms with E-state index in [1.165, 1.54) is 59.9 Å². The molecule has 0 bridgehead atoms. The molecule has 39 heavy (non-hydrogen) atoms. The number of hydrogen-bond donors (Lipinski definition) is 2. The molecule has 3 aromatic rings. The number of hydrogen-bond acceptors (Lipinski definition) is 7. The highest BCUT2D eigenvalue weighted by atomic mass is 32.1. The van der Waals surface area contributed by atoms with Crippen molar-refractivity contribution in [3.63, 3.8) is 0 Å². The van der Waals surface area contributed by atoms with Crippen LogP contribution in [0.25, 0.3) is 0 Å². The van der Waals surface area contributed by atoms with E-state index in [1.54, 1.807) is 0 Å². The van der Waals surface area contributed by atoms with Crippen molar-refractivity contribution in [3.05, 3.63) is 76.2 Å². The first-order valence-corrected chi connectivity index (χ1v) is 13.2. The van der Waals surface area contributed by atoms with E-state index in [9.17, 15) is 23.2 Å². The lowest BCUT2D eigenvalue weighted by Crippen LogP contribution is -2.30. The van der Waals surface area contributed by atoms with Crippen molar-refractivity contribution in [2.45, 2.75) is 26.2 Å². The van der Waals surface area contributed by atoms with Crippen LogP contribution in [0.4, 0.5) is 13.8 Å². The average Bonchev–Trinajstić information content (AvgIpc) is 3.27. The minimum absolute atomic E-state index is 0.0587. The van der Waals surface area contributed by atoms with Crippen LogP contribution in [0.1, 0.15) is 34.1 Å². The molecule has 1 aromatic heterocycles. The van der Waals surface area contributed by atoms with E-state index < -0.39 is 23.5 Å². The van der Waals surface area contributed by atoms with Crippen LogP contribution in [0, 0.1) is 17.6 Å². The molecule has 1 aliphatic rings.